The van der Waals surface area contributed by atoms with Gasteiger partial charge >= 0.3 is 6.15 Å². The van der Waals surface area contributed by atoms with Crippen LogP contribution >= 0.6 is 12.2 Å². The topological polar surface area (TPSA) is 226 Å². The molecule has 69 heavy (non-hydrogen) atoms. The molecule has 0 spiro atoms. The SMILES string of the molecule is Cc1cc(C(=O)Nc2cc(C(=O)Nc3cc(C(=O)NCCCN(C)C)n(C)c3)n(C)c2)n(CCCNC(C)CNC(=S)Nc2ccc(-c3c4ccc(=O)cc-4oc4cc(O)ccc34)cc2)c1.O=C=O. The van der Waals surface area contributed by atoms with Crippen molar-refractivity contribution in [2.24, 2.45) is 14.1 Å². The number of carbonyl (C=O) groups is 3. The van der Waals surface area contributed by atoms with E-state index in [1.807, 2.05) is 68.2 Å². The van der Waals surface area contributed by atoms with Crippen LogP contribution in [0.1, 0.15) is 56.8 Å². The summed E-state index contributed by atoms with van der Waals surface area (Å²) in [7, 11) is 7.45. The Morgan fingerprint density at radius 2 is 1.42 bits per heavy atom. The molecule has 1 unspecified atom stereocenters. The van der Waals surface area contributed by atoms with E-state index >= 15 is 0 Å². The molecule has 360 valence electrons. The summed E-state index contributed by atoms with van der Waals surface area (Å²) in [6.07, 6.45) is 7.17. The summed E-state index contributed by atoms with van der Waals surface area (Å²) in [6, 6.07) is 22.7. The number of hydrogen-bond donors (Lipinski definition) is 7. The van der Waals surface area contributed by atoms with Crippen LogP contribution in [0.4, 0.5) is 17.1 Å². The van der Waals surface area contributed by atoms with Crippen LogP contribution in [0.3, 0.4) is 0 Å². The second-order valence-corrected chi connectivity index (χ2v) is 17.3. The van der Waals surface area contributed by atoms with Crippen LogP contribution in [0.25, 0.3) is 33.4 Å². The van der Waals surface area contributed by atoms with Crippen LogP contribution in [0.15, 0.2) is 107 Å². The van der Waals surface area contributed by atoms with Crippen molar-refractivity contribution in [3.8, 4) is 28.2 Å². The predicted octanol–water partition coefficient (Wildman–Crippen LogP) is 6.01. The van der Waals surface area contributed by atoms with E-state index < -0.39 is 0 Å². The first-order valence-electron chi connectivity index (χ1n) is 22.2. The fraction of sp³-hybridized carbons (Fsp3) is 0.280. The number of thiocarbonyl (C=S) groups is 1. The Bertz CT molecular complexity index is 3020. The van der Waals surface area contributed by atoms with Gasteiger partial charge in [-0.05, 0) is 132 Å². The van der Waals surface area contributed by atoms with Gasteiger partial charge in [-0.15, -0.1) is 0 Å². The molecule has 7 rings (SSSR count). The number of aromatic nitrogens is 3. The average Bonchev–Trinajstić information content (AvgIpc) is 3.99. The first kappa shape index (κ1) is 50.6. The minimum Gasteiger partial charge on any atom is -0.508 e. The smallest absolute Gasteiger partial charge is 0.373 e. The zero-order valence-corrected chi connectivity index (χ0v) is 40.1. The van der Waals surface area contributed by atoms with E-state index in [1.165, 1.54) is 12.1 Å². The lowest BCUT2D eigenvalue weighted by Crippen LogP contribution is -2.41. The van der Waals surface area contributed by atoms with E-state index in [4.69, 9.17) is 26.2 Å². The van der Waals surface area contributed by atoms with Crippen LogP contribution in [-0.4, -0.2) is 99.0 Å². The van der Waals surface area contributed by atoms with Gasteiger partial charge in [0.25, 0.3) is 17.7 Å². The van der Waals surface area contributed by atoms with Gasteiger partial charge in [0.15, 0.2) is 10.5 Å². The van der Waals surface area contributed by atoms with Gasteiger partial charge in [-0.2, -0.15) is 9.59 Å². The normalized spacial score (nSPS) is 11.4. The van der Waals surface area contributed by atoms with Gasteiger partial charge in [-0.1, -0.05) is 12.1 Å². The highest BCUT2D eigenvalue weighted by Gasteiger charge is 2.20. The number of nitrogens with zero attached hydrogens (tertiary/aromatic N) is 4. The third-order valence-electron chi connectivity index (χ3n) is 11.1. The molecule has 1 atom stereocenters. The second-order valence-electron chi connectivity index (χ2n) is 16.9. The van der Waals surface area contributed by atoms with Crippen molar-refractivity contribution in [1.29, 1.82) is 0 Å². The standard InChI is InChI=1S/C49H56N10O6S.CO2/c1-30-21-42(48(64)54-35-23-41(58(6)29-35)47(63)53-34-22-40(57(5)28-34)46(62)51-18-7-19-56(3)4)59(27-30)20-8-17-50-31(2)26-52-49(66)55-33-11-9-32(10-12-33)45-38-15-13-36(60)24-43(38)65-44-25-37(61)14-16-39(44)45;2-1-3/h9-16,21-25,27-29,31,50,60H,7-8,17-20,26H2,1-6H3,(H,51,62)(H,53,63)(H,54,64)(H2,52,55,66);. The molecule has 3 aromatic heterocycles. The van der Waals surface area contributed by atoms with Gasteiger partial charge in [-0.25, -0.2) is 0 Å². The fourth-order valence-electron chi connectivity index (χ4n) is 7.81. The van der Waals surface area contributed by atoms with Crippen LogP contribution in [-0.2, 0) is 30.2 Å². The Balaban J connectivity index is 0.00000254. The number of phenols is 1. The van der Waals surface area contributed by atoms with Gasteiger partial charge in [0, 0.05) is 92.7 Å². The number of phenolic OH excluding ortho intramolecular Hbond substituents is 1. The zero-order valence-electron chi connectivity index (χ0n) is 39.3. The van der Waals surface area contributed by atoms with Crippen LogP contribution in [0, 0.1) is 6.92 Å². The van der Waals surface area contributed by atoms with E-state index in [0.29, 0.717) is 71.1 Å². The highest BCUT2D eigenvalue weighted by molar-refractivity contribution is 7.80. The number of hydrogen-bond acceptors (Lipinski definition) is 11. The van der Waals surface area contributed by atoms with Gasteiger partial charge in [0.1, 0.15) is 34.2 Å². The molecule has 19 heteroatoms. The Morgan fingerprint density at radius 3 is 2.09 bits per heavy atom. The number of aryl methyl sites for hydroxylation is 4. The summed E-state index contributed by atoms with van der Waals surface area (Å²) in [5.74, 6) is -0.366. The van der Waals surface area contributed by atoms with E-state index in [0.717, 1.165) is 52.7 Å². The zero-order chi connectivity index (χ0) is 49.8. The van der Waals surface area contributed by atoms with Crippen molar-refractivity contribution in [2.75, 3.05) is 56.2 Å². The third kappa shape index (κ3) is 13.4. The molecule has 0 saturated heterocycles. The first-order valence-corrected chi connectivity index (χ1v) is 22.6. The lowest BCUT2D eigenvalue weighted by atomic mass is 9.93. The molecule has 5 aromatic rings. The first-order chi connectivity index (χ1) is 33.0. The molecule has 0 radical (unpaired) electrons. The van der Waals surface area contributed by atoms with Crippen LogP contribution < -0.4 is 37.3 Å². The van der Waals surface area contributed by atoms with Gasteiger partial charge < -0.3 is 60.0 Å². The Kier molecular flexibility index (Phi) is 17.0. The summed E-state index contributed by atoms with van der Waals surface area (Å²) in [5.41, 5.74) is 6.91. The van der Waals surface area contributed by atoms with Crippen molar-refractivity contribution < 1.29 is 33.5 Å². The highest BCUT2D eigenvalue weighted by Crippen LogP contribution is 2.41. The Hall–Kier alpha value is -7.83. The summed E-state index contributed by atoms with van der Waals surface area (Å²) < 4.78 is 11.2. The van der Waals surface area contributed by atoms with Gasteiger partial charge in [-0.3, -0.25) is 19.2 Å². The second kappa shape index (κ2) is 23.3. The average molecular weight is 957 g/mol. The molecule has 18 nitrogen and oxygen atoms in total. The number of nitrogens with one attached hydrogen (secondary N) is 6. The molecule has 3 amide bonds. The number of amides is 3. The van der Waals surface area contributed by atoms with E-state index in [9.17, 15) is 24.3 Å². The number of benzene rings is 3. The van der Waals surface area contributed by atoms with E-state index in [-0.39, 0.29) is 41.1 Å². The summed E-state index contributed by atoms with van der Waals surface area (Å²) in [4.78, 5) is 70.0. The van der Waals surface area contributed by atoms with Crippen molar-refractivity contribution in [3.63, 3.8) is 0 Å². The molecule has 2 aliphatic rings. The summed E-state index contributed by atoms with van der Waals surface area (Å²) in [6.45, 7) is 7.32. The monoisotopic (exact) mass is 956 g/mol. The molecule has 0 saturated carbocycles. The number of rotatable bonds is 18. The summed E-state index contributed by atoms with van der Waals surface area (Å²) in [5, 5.41) is 30.1. The van der Waals surface area contributed by atoms with Crippen molar-refractivity contribution in [2.45, 2.75) is 39.3 Å². The number of carbonyl (C=O) groups excluding carboxylic acids is 5. The maximum atomic E-state index is 13.5. The number of fused-ring (bicyclic) bond motifs is 2. The lowest BCUT2D eigenvalue weighted by Gasteiger charge is -2.18. The molecule has 7 N–H and O–H groups in total. The molecule has 0 fully saturated rings. The number of aromatic hydroxyl groups is 1. The molecule has 2 aromatic carbocycles. The molecule has 4 heterocycles. The van der Waals surface area contributed by atoms with Crippen LogP contribution in [0.5, 0.6) is 5.75 Å². The van der Waals surface area contributed by atoms with Crippen molar-refractivity contribution >= 4 is 69.2 Å². The van der Waals surface area contributed by atoms with Crippen molar-refractivity contribution in [1.82, 2.24) is 34.6 Å². The largest absolute Gasteiger partial charge is 0.508 e. The van der Waals surface area contributed by atoms with Gasteiger partial charge in [0.05, 0.1) is 11.4 Å². The molecular formula is C50H56N10O8S. The minimum atomic E-state index is -0.378. The fourth-order valence-corrected chi connectivity index (χ4v) is 8.01. The van der Waals surface area contributed by atoms with E-state index in [1.54, 1.807) is 66.0 Å². The molecule has 0 bridgehead atoms. The lowest BCUT2D eigenvalue weighted by molar-refractivity contribution is -0.191. The third-order valence-corrected chi connectivity index (χ3v) is 11.3. The van der Waals surface area contributed by atoms with Gasteiger partial charge in [0.2, 0.25) is 0 Å². The molecule has 1 aliphatic carbocycles. The number of anilines is 3. The van der Waals surface area contributed by atoms with Crippen LogP contribution in [0.2, 0.25) is 0 Å². The Morgan fingerprint density at radius 1 is 0.768 bits per heavy atom. The maximum Gasteiger partial charge on any atom is 0.373 e. The molecular weight excluding hydrogens is 901 g/mol. The van der Waals surface area contributed by atoms with Crippen molar-refractivity contribution in [3.05, 3.63) is 130 Å². The quantitative estimate of drug-likeness (QED) is 0.0298. The maximum absolute atomic E-state index is 13.5. The Labute approximate surface area is 404 Å². The summed E-state index contributed by atoms with van der Waals surface area (Å²) >= 11 is 5.61. The van der Waals surface area contributed by atoms with E-state index in [2.05, 4.69) is 43.7 Å². The predicted molar refractivity (Wildman–Crippen MR) is 269 cm³/mol. The minimum absolute atomic E-state index is 0.0732. The molecule has 1 aliphatic heterocycles. The highest BCUT2D eigenvalue weighted by atomic mass is 32.1.